The average molecular weight is 377 g/mol. The van der Waals surface area contributed by atoms with E-state index >= 15 is 0 Å². The van der Waals surface area contributed by atoms with Crippen molar-refractivity contribution in [2.75, 3.05) is 27.3 Å². The van der Waals surface area contributed by atoms with Crippen molar-refractivity contribution >= 4 is 16.0 Å². The maximum Gasteiger partial charge on any atom is 0.338 e. The lowest BCUT2D eigenvalue weighted by Crippen LogP contribution is -2.22. The second-order valence-corrected chi connectivity index (χ2v) is 7.95. The van der Waals surface area contributed by atoms with E-state index in [0.29, 0.717) is 0 Å². The fraction of sp³-hybridized carbons (Fsp3) is 0.316. The van der Waals surface area contributed by atoms with E-state index in [1.165, 1.54) is 43.9 Å². The first-order valence-corrected chi connectivity index (χ1v) is 9.70. The summed E-state index contributed by atoms with van der Waals surface area (Å²) < 4.78 is 36.1. The van der Waals surface area contributed by atoms with Crippen LogP contribution in [0.1, 0.15) is 22.8 Å². The molecule has 0 saturated carbocycles. The van der Waals surface area contributed by atoms with Crippen molar-refractivity contribution < 1.29 is 22.7 Å². The van der Waals surface area contributed by atoms with Gasteiger partial charge in [-0.05, 0) is 42.3 Å². The van der Waals surface area contributed by atoms with Gasteiger partial charge in [0.15, 0.2) is 0 Å². The van der Waals surface area contributed by atoms with Crippen molar-refractivity contribution in [1.82, 2.24) is 4.31 Å². The van der Waals surface area contributed by atoms with Crippen LogP contribution in [-0.2, 0) is 21.2 Å². The van der Waals surface area contributed by atoms with Crippen LogP contribution in [0.2, 0.25) is 0 Å². The topological polar surface area (TPSA) is 72.9 Å². The fourth-order valence-electron chi connectivity index (χ4n) is 2.23. The molecular weight excluding hydrogens is 354 g/mol. The third-order valence-electron chi connectivity index (χ3n) is 3.74. The lowest BCUT2D eigenvalue weighted by Gasteiger charge is -2.12. The van der Waals surface area contributed by atoms with Gasteiger partial charge in [0.05, 0.1) is 10.5 Å². The number of esters is 1. The molecule has 2 aromatic carbocycles. The van der Waals surface area contributed by atoms with Crippen LogP contribution in [0.3, 0.4) is 0 Å². The number of hydrogen-bond donors (Lipinski definition) is 0. The van der Waals surface area contributed by atoms with Gasteiger partial charge in [-0.1, -0.05) is 25.1 Å². The van der Waals surface area contributed by atoms with Crippen molar-refractivity contribution in [2.24, 2.45) is 0 Å². The van der Waals surface area contributed by atoms with Gasteiger partial charge in [-0.15, -0.1) is 0 Å². The van der Waals surface area contributed by atoms with Crippen molar-refractivity contribution in [3.8, 4) is 5.75 Å². The number of rotatable bonds is 8. The van der Waals surface area contributed by atoms with Gasteiger partial charge in [0, 0.05) is 14.1 Å². The molecule has 0 saturated heterocycles. The van der Waals surface area contributed by atoms with E-state index in [-0.39, 0.29) is 23.7 Å². The lowest BCUT2D eigenvalue weighted by atomic mass is 10.2. The molecule has 0 aliphatic carbocycles. The molecule has 0 heterocycles. The van der Waals surface area contributed by atoms with Gasteiger partial charge in [-0.3, -0.25) is 0 Å². The van der Waals surface area contributed by atoms with Crippen molar-refractivity contribution in [3.63, 3.8) is 0 Å². The number of carbonyl (C=O) groups is 1. The molecule has 0 amide bonds. The molecule has 0 N–H and O–H groups in total. The Bertz CT molecular complexity index is 862. The van der Waals surface area contributed by atoms with Crippen LogP contribution in [-0.4, -0.2) is 46.0 Å². The van der Waals surface area contributed by atoms with Gasteiger partial charge in [0.25, 0.3) is 0 Å². The molecule has 140 valence electrons. The predicted octanol–water partition coefficient (Wildman–Crippen LogP) is 2.74. The highest BCUT2D eigenvalue weighted by Gasteiger charge is 2.19. The second-order valence-electron chi connectivity index (χ2n) is 5.80. The molecule has 0 bridgehead atoms. The van der Waals surface area contributed by atoms with E-state index in [1.54, 1.807) is 0 Å². The largest absolute Gasteiger partial charge is 0.490 e. The van der Waals surface area contributed by atoms with E-state index in [9.17, 15) is 13.2 Å². The molecule has 0 spiro atoms. The van der Waals surface area contributed by atoms with Crippen LogP contribution in [0.5, 0.6) is 5.75 Å². The summed E-state index contributed by atoms with van der Waals surface area (Å²) in [6, 6.07) is 13.5. The predicted molar refractivity (Wildman–Crippen MR) is 98.9 cm³/mol. The van der Waals surface area contributed by atoms with Crippen molar-refractivity contribution in [2.45, 2.75) is 18.2 Å². The molecule has 0 unspecified atom stereocenters. The molecule has 2 aromatic rings. The summed E-state index contributed by atoms with van der Waals surface area (Å²) in [5.74, 6) is 0.131. The van der Waals surface area contributed by atoms with E-state index in [1.807, 2.05) is 24.3 Å². The van der Waals surface area contributed by atoms with E-state index in [4.69, 9.17) is 9.47 Å². The Labute approximate surface area is 154 Å². The zero-order valence-corrected chi connectivity index (χ0v) is 16.0. The molecule has 7 heteroatoms. The summed E-state index contributed by atoms with van der Waals surface area (Å²) in [5.41, 5.74) is 1.35. The smallest absolute Gasteiger partial charge is 0.338 e. The van der Waals surface area contributed by atoms with Gasteiger partial charge in [0.2, 0.25) is 10.0 Å². The first-order chi connectivity index (χ1) is 12.3. The number of ether oxygens (including phenoxy) is 2. The Hall–Kier alpha value is -2.38. The zero-order chi connectivity index (χ0) is 19.2. The first kappa shape index (κ1) is 19.9. The standard InChI is InChI=1S/C19H23NO5S/c1-4-15-7-5-9-17(13-15)24-11-12-25-19(21)16-8-6-10-18(14-16)26(22,23)20(2)3/h5-10,13-14H,4,11-12H2,1-3H3. The van der Waals surface area contributed by atoms with Crippen LogP contribution >= 0.6 is 0 Å². The fourth-order valence-corrected chi connectivity index (χ4v) is 3.17. The molecule has 6 nitrogen and oxygen atoms in total. The Balaban J connectivity index is 1.92. The SMILES string of the molecule is CCc1cccc(OCCOC(=O)c2cccc(S(=O)(=O)N(C)C)c2)c1. The van der Waals surface area contributed by atoms with Gasteiger partial charge >= 0.3 is 5.97 Å². The second kappa shape index (κ2) is 8.82. The van der Waals surface area contributed by atoms with Crippen LogP contribution in [0.4, 0.5) is 0 Å². The maximum atomic E-state index is 12.1. The summed E-state index contributed by atoms with van der Waals surface area (Å²) in [6.07, 6.45) is 0.915. The molecular formula is C19H23NO5S. The van der Waals surface area contributed by atoms with Crippen LogP contribution in [0, 0.1) is 0 Å². The van der Waals surface area contributed by atoms with Gasteiger partial charge < -0.3 is 9.47 Å². The van der Waals surface area contributed by atoms with Crippen LogP contribution in [0.25, 0.3) is 0 Å². The lowest BCUT2D eigenvalue weighted by molar-refractivity contribution is 0.0450. The van der Waals surface area contributed by atoms with E-state index in [0.717, 1.165) is 16.5 Å². The molecule has 26 heavy (non-hydrogen) atoms. The third-order valence-corrected chi connectivity index (χ3v) is 5.55. The minimum atomic E-state index is -3.60. The number of hydrogen-bond acceptors (Lipinski definition) is 5. The van der Waals surface area contributed by atoms with Crippen LogP contribution in [0.15, 0.2) is 53.4 Å². The molecule has 0 aliphatic heterocycles. The molecule has 0 radical (unpaired) electrons. The summed E-state index contributed by atoms with van der Waals surface area (Å²) in [6.45, 7) is 2.35. The number of aryl methyl sites for hydroxylation is 1. The van der Waals surface area contributed by atoms with Crippen molar-refractivity contribution in [1.29, 1.82) is 0 Å². The first-order valence-electron chi connectivity index (χ1n) is 8.26. The molecule has 0 fully saturated rings. The third kappa shape index (κ3) is 5.06. The summed E-state index contributed by atoms with van der Waals surface area (Å²) in [4.78, 5) is 12.2. The molecule has 2 rings (SSSR count). The van der Waals surface area contributed by atoms with E-state index < -0.39 is 16.0 Å². The van der Waals surface area contributed by atoms with E-state index in [2.05, 4.69) is 6.92 Å². The van der Waals surface area contributed by atoms with Crippen molar-refractivity contribution in [3.05, 3.63) is 59.7 Å². The highest BCUT2D eigenvalue weighted by molar-refractivity contribution is 7.89. The number of benzene rings is 2. The van der Waals surface area contributed by atoms with Crippen LogP contribution < -0.4 is 4.74 Å². The monoisotopic (exact) mass is 377 g/mol. The highest BCUT2D eigenvalue weighted by atomic mass is 32.2. The zero-order valence-electron chi connectivity index (χ0n) is 15.1. The quantitative estimate of drug-likeness (QED) is 0.522. The Morgan fingerprint density at radius 3 is 2.46 bits per heavy atom. The van der Waals surface area contributed by atoms with Gasteiger partial charge in [-0.2, -0.15) is 0 Å². The number of sulfonamides is 1. The normalized spacial score (nSPS) is 11.4. The molecule has 0 aliphatic rings. The average Bonchev–Trinajstić information content (AvgIpc) is 2.65. The van der Waals surface area contributed by atoms with Gasteiger partial charge in [-0.25, -0.2) is 17.5 Å². The highest BCUT2D eigenvalue weighted by Crippen LogP contribution is 2.16. The molecule has 0 atom stereocenters. The summed E-state index contributed by atoms with van der Waals surface area (Å²) in [5, 5.41) is 0. The Morgan fingerprint density at radius 1 is 1.04 bits per heavy atom. The van der Waals surface area contributed by atoms with Gasteiger partial charge in [0.1, 0.15) is 19.0 Å². The summed E-state index contributed by atoms with van der Waals surface area (Å²) in [7, 11) is -0.728. The maximum absolute atomic E-state index is 12.1. The Kier molecular flexibility index (Phi) is 6.76. The number of nitrogens with zero attached hydrogens (tertiary/aromatic N) is 1. The molecule has 0 aromatic heterocycles. The summed E-state index contributed by atoms with van der Waals surface area (Å²) >= 11 is 0. The Morgan fingerprint density at radius 2 is 1.77 bits per heavy atom. The minimum absolute atomic E-state index is 0.0459. The number of carbonyl (C=O) groups excluding carboxylic acids is 1. The minimum Gasteiger partial charge on any atom is -0.490 e.